The van der Waals surface area contributed by atoms with Gasteiger partial charge in [-0.15, -0.1) is 11.3 Å². The summed E-state index contributed by atoms with van der Waals surface area (Å²) in [6, 6.07) is 8.20. The summed E-state index contributed by atoms with van der Waals surface area (Å²) < 4.78 is 0. The van der Waals surface area contributed by atoms with Gasteiger partial charge in [0.15, 0.2) is 0 Å². The van der Waals surface area contributed by atoms with Crippen LogP contribution >= 0.6 is 11.3 Å². The maximum absolute atomic E-state index is 5.81. The van der Waals surface area contributed by atoms with Crippen LogP contribution in [0.3, 0.4) is 0 Å². The first-order chi connectivity index (χ1) is 8.13. The lowest BCUT2D eigenvalue weighted by molar-refractivity contribution is 1.34. The van der Waals surface area contributed by atoms with Crippen LogP contribution < -0.4 is 5.73 Å². The van der Waals surface area contributed by atoms with Gasteiger partial charge in [0.2, 0.25) is 0 Å². The molecule has 0 bridgehead atoms. The molecule has 1 aromatic carbocycles. The molecule has 0 amide bonds. The van der Waals surface area contributed by atoms with Crippen molar-refractivity contribution < 1.29 is 0 Å². The fourth-order valence-corrected chi connectivity index (χ4v) is 2.86. The highest BCUT2D eigenvalue weighted by atomic mass is 32.1. The molecule has 0 unspecified atom stereocenters. The second-order valence-electron chi connectivity index (χ2n) is 4.27. The van der Waals surface area contributed by atoms with Crippen molar-refractivity contribution in [1.29, 1.82) is 0 Å². The number of nitrogens with one attached hydrogen (secondary N) is 1. The topological polar surface area (TPSA) is 54.7 Å². The van der Waals surface area contributed by atoms with Crippen LogP contribution in [0.2, 0.25) is 0 Å². The number of aromatic amines is 1. The van der Waals surface area contributed by atoms with Crippen LogP contribution in [0, 0.1) is 13.8 Å². The van der Waals surface area contributed by atoms with E-state index in [1.54, 1.807) is 11.3 Å². The average molecular weight is 243 g/mol. The third-order valence-electron chi connectivity index (χ3n) is 2.79. The Hall–Kier alpha value is -1.81. The van der Waals surface area contributed by atoms with E-state index in [-0.39, 0.29) is 0 Å². The van der Waals surface area contributed by atoms with Gasteiger partial charge in [-0.25, -0.2) is 4.98 Å². The van der Waals surface area contributed by atoms with E-state index in [0.717, 1.165) is 26.7 Å². The number of rotatable bonds is 1. The van der Waals surface area contributed by atoms with Crippen LogP contribution in [0.1, 0.15) is 11.1 Å². The van der Waals surface area contributed by atoms with E-state index in [1.807, 2.05) is 12.1 Å². The number of nitrogen functional groups attached to an aromatic ring is 1. The Morgan fingerprint density at radius 2 is 2.06 bits per heavy atom. The standard InChI is InChI=1S/C13H13N3S/c1-7-3-4-9-10(5-7)16-13(15-9)12-8(2)6-11(14)17-12/h3-6H,14H2,1-2H3,(H,15,16). The van der Waals surface area contributed by atoms with Crippen LogP contribution in [-0.2, 0) is 0 Å². The number of nitrogens with zero attached hydrogens (tertiary/aromatic N) is 1. The predicted molar refractivity (Wildman–Crippen MR) is 73.3 cm³/mol. The minimum absolute atomic E-state index is 0.828. The molecular weight excluding hydrogens is 230 g/mol. The van der Waals surface area contributed by atoms with E-state index < -0.39 is 0 Å². The number of benzene rings is 1. The molecule has 0 aliphatic heterocycles. The molecule has 3 aromatic rings. The molecule has 0 spiro atoms. The number of thiophene rings is 1. The minimum Gasteiger partial charge on any atom is -0.391 e. The SMILES string of the molecule is Cc1ccc2nc(-c3sc(N)cc3C)[nH]c2c1. The zero-order chi connectivity index (χ0) is 12.0. The maximum atomic E-state index is 5.81. The van der Waals surface area contributed by atoms with Crippen molar-refractivity contribution in [3.63, 3.8) is 0 Å². The molecule has 2 aromatic heterocycles. The molecule has 3 rings (SSSR count). The molecule has 17 heavy (non-hydrogen) atoms. The summed E-state index contributed by atoms with van der Waals surface area (Å²) in [6.07, 6.45) is 0. The summed E-state index contributed by atoms with van der Waals surface area (Å²) in [6.45, 7) is 4.13. The first-order valence-corrected chi connectivity index (χ1v) is 6.28. The number of fused-ring (bicyclic) bond motifs is 1. The van der Waals surface area contributed by atoms with Crippen molar-refractivity contribution >= 4 is 27.4 Å². The molecule has 4 heteroatoms. The Morgan fingerprint density at radius 1 is 1.24 bits per heavy atom. The van der Waals surface area contributed by atoms with Gasteiger partial charge in [0, 0.05) is 0 Å². The highest BCUT2D eigenvalue weighted by Crippen LogP contribution is 2.33. The van der Waals surface area contributed by atoms with Gasteiger partial charge in [-0.3, -0.25) is 0 Å². The summed E-state index contributed by atoms with van der Waals surface area (Å²) in [5.41, 5.74) is 10.3. The number of nitrogens with two attached hydrogens (primary N) is 1. The fraction of sp³-hybridized carbons (Fsp3) is 0.154. The molecule has 3 N–H and O–H groups in total. The molecule has 0 aliphatic carbocycles. The molecule has 86 valence electrons. The van der Waals surface area contributed by atoms with E-state index in [0.29, 0.717) is 0 Å². The number of anilines is 1. The number of hydrogen-bond donors (Lipinski definition) is 2. The smallest absolute Gasteiger partial charge is 0.148 e. The van der Waals surface area contributed by atoms with Gasteiger partial charge in [0.1, 0.15) is 5.82 Å². The Kier molecular flexibility index (Phi) is 2.19. The summed E-state index contributed by atoms with van der Waals surface area (Å²) in [5.74, 6) is 0.907. The Labute approximate surface area is 103 Å². The van der Waals surface area contributed by atoms with Crippen LogP contribution in [0.4, 0.5) is 5.00 Å². The van der Waals surface area contributed by atoms with Crippen LogP contribution in [0.5, 0.6) is 0 Å². The number of hydrogen-bond acceptors (Lipinski definition) is 3. The van der Waals surface area contributed by atoms with Crippen molar-refractivity contribution in [3.05, 3.63) is 35.4 Å². The Morgan fingerprint density at radius 3 is 2.76 bits per heavy atom. The third kappa shape index (κ3) is 1.70. The molecule has 0 saturated heterocycles. The molecule has 0 atom stereocenters. The van der Waals surface area contributed by atoms with Gasteiger partial charge in [-0.1, -0.05) is 6.07 Å². The van der Waals surface area contributed by atoms with E-state index >= 15 is 0 Å². The van der Waals surface area contributed by atoms with Crippen LogP contribution in [0.25, 0.3) is 21.7 Å². The highest BCUT2D eigenvalue weighted by molar-refractivity contribution is 7.19. The lowest BCUT2D eigenvalue weighted by atomic mass is 10.2. The predicted octanol–water partition coefficient (Wildman–Crippen LogP) is 3.49. The van der Waals surface area contributed by atoms with Crippen LogP contribution in [-0.4, -0.2) is 9.97 Å². The number of imidazole rings is 1. The fourth-order valence-electron chi connectivity index (χ4n) is 1.97. The first kappa shape index (κ1) is 10.4. The zero-order valence-electron chi connectivity index (χ0n) is 9.74. The van der Waals surface area contributed by atoms with Crippen molar-refractivity contribution in [2.45, 2.75) is 13.8 Å². The van der Waals surface area contributed by atoms with Gasteiger partial charge >= 0.3 is 0 Å². The van der Waals surface area contributed by atoms with E-state index in [9.17, 15) is 0 Å². The third-order valence-corrected chi connectivity index (χ3v) is 3.86. The van der Waals surface area contributed by atoms with E-state index in [4.69, 9.17) is 5.73 Å². The lowest BCUT2D eigenvalue weighted by Gasteiger charge is -1.91. The Balaban J connectivity index is 2.21. The molecule has 0 fully saturated rings. The van der Waals surface area contributed by atoms with Crippen LogP contribution in [0.15, 0.2) is 24.3 Å². The van der Waals surface area contributed by atoms with Gasteiger partial charge < -0.3 is 10.7 Å². The highest BCUT2D eigenvalue weighted by Gasteiger charge is 2.10. The van der Waals surface area contributed by atoms with Gasteiger partial charge in [0.25, 0.3) is 0 Å². The van der Waals surface area contributed by atoms with Gasteiger partial charge in [0.05, 0.1) is 20.9 Å². The van der Waals surface area contributed by atoms with Gasteiger partial charge in [-0.05, 0) is 43.2 Å². The second kappa shape index (κ2) is 3.60. The minimum atomic E-state index is 0.828. The Bertz CT molecular complexity index is 694. The largest absolute Gasteiger partial charge is 0.391 e. The monoisotopic (exact) mass is 243 g/mol. The zero-order valence-corrected chi connectivity index (χ0v) is 10.6. The lowest BCUT2D eigenvalue weighted by Crippen LogP contribution is -1.77. The molecular formula is C13H13N3S. The molecule has 3 nitrogen and oxygen atoms in total. The maximum Gasteiger partial charge on any atom is 0.148 e. The molecule has 0 saturated carbocycles. The van der Waals surface area contributed by atoms with Crippen molar-refractivity contribution in [2.24, 2.45) is 0 Å². The number of aromatic nitrogens is 2. The molecule has 2 heterocycles. The quantitative estimate of drug-likeness (QED) is 0.687. The van der Waals surface area contributed by atoms with Crippen molar-refractivity contribution in [2.75, 3.05) is 5.73 Å². The van der Waals surface area contributed by atoms with Crippen molar-refractivity contribution in [1.82, 2.24) is 9.97 Å². The summed E-state index contributed by atoms with van der Waals surface area (Å²) >= 11 is 1.57. The normalized spacial score (nSPS) is 11.2. The van der Waals surface area contributed by atoms with E-state index in [1.165, 1.54) is 11.1 Å². The average Bonchev–Trinajstić information content (AvgIpc) is 2.80. The molecule has 0 radical (unpaired) electrons. The second-order valence-corrected chi connectivity index (χ2v) is 5.35. The summed E-state index contributed by atoms with van der Waals surface area (Å²) in [5, 5.41) is 0.828. The molecule has 0 aliphatic rings. The summed E-state index contributed by atoms with van der Waals surface area (Å²) in [4.78, 5) is 9.07. The van der Waals surface area contributed by atoms with Gasteiger partial charge in [-0.2, -0.15) is 0 Å². The van der Waals surface area contributed by atoms with Crippen molar-refractivity contribution in [3.8, 4) is 10.7 Å². The van der Waals surface area contributed by atoms with E-state index in [2.05, 4.69) is 35.9 Å². The number of aryl methyl sites for hydroxylation is 2. The first-order valence-electron chi connectivity index (χ1n) is 5.46. The summed E-state index contributed by atoms with van der Waals surface area (Å²) in [7, 11) is 0. The number of H-pyrrole nitrogens is 1.